The summed E-state index contributed by atoms with van der Waals surface area (Å²) in [6.45, 7) is 1.85. The predicted molar refractivity (Wildman–Crippen MR) is 59.5 cm³/mol. The Morgan fingerprint density at radius 1 is 1.31 bits per heavy atom. The van der Waals surface area contributed by atoms with Crippen LogP contribution in [0.1, 0.15) is 5.56 Å². The first-order valence-electron chi connectivity index (χ1n) is 4.83. The van der Waals surface area contributed by atoms with Gasteiger partial charge in [-0.25, -0.2) is 14.4 Å². The normalized spacial score (nSPS) is 10.2. The molecule has 16 heavy (non-hydrogen) atoms. The number of anilines is 1. The van der Waals surface area contributed by atoms with Crippen molar-refractivity contribution in [3.8, 4) is 11.3 Å². The van der Waals surface area contributed by atoms with Crippen molar-refractivity contribution in [2.24, 2.45) is 0 Å². The van der Waals surface area contributed by atoms with Gasteiger partial charge in [-0.3, -0.25) is 4.98 Å². The number of aromatic nitrogens is 3. The Labute approximate surface area is 92.6 Å². The standard InChI is InChI=1S/C11H11FN4/c1-7-10(15-6-16-11(7)13-2)8-3-4-14-5-9(8)12/h3-6H,1-2H3,(H,13,15,16). The number of hydrogen-bond donors (Lipinski definition) is 1. The van der Waals surface area contributed by atoms with Crippen LogP contribution in [0.2, 0.25) is 0 Å². The largest absolute Gasteiger partial charge is 0.373 e. The molecule has 0 fully saturated rings. The molecule has 0 spiro atoms. The Hall–Kier alpha value is -2.04. The average Bonchev–Trinajstić information content (AvgIpc) is 2.31. The van der Waals surface area contributed by atoms with E-state index in [1.807, 2.05) is 6.92 Å². The molecule has 0 saturated heterocycles. The highest BCUT2D eigenvalue weighted by atomic mass is 19.1. The summed E-state index contributed by atoms with van der Waals surface area (Å²) in [5.41, 5.74) is 1.83. The molecular weight excluding hydrogens is 207 g/mol. The first-order valence-corrected chi connectivity index (χ1v) is 4.83. The molecule has 0 aliphatic carbocycles. The number of nitrogens with zero attached hydrogens (tertiary/aromatic N) is 3. The minimum Gasteiger partial charge on any atom is -0.373 e. The van der Waals surface area contributed by atoms with Gasteiger partial charge in [0.05, 0.1) is 11.9 Å². The maximum atomic E-state index is 13.5. The summed E-state index contributed by atoms with van der Waals surface area (Å²) in [7, 11) is 1.77. The van der Waals surface area contributed by atoms with Gasteiger partial charge in [0, 0.05) is 24.4 Å². The van der Waals surface area contributed by atoms with Crippen molar-refractivity contribution in [1.82, 2.24) is 15.0 Å². The van der Waals surface area contributed by atoms with E-state index >= 15 is 0 Å². The molecule has 2 heterocycles. The van der Waals surface area contributed by atoms with E-state index in [2.05, 4.69) is 20.3 Å². The van der Waals surface area contributed by atoms with Crippen molar-refractivity contribution in [1.29, 1.82) is 0 Å². The van der Waals surface area contributed by atoms with Gasteiger partial charge in [-0.1, -0.05) is 0 Å². The fourth-order valence-electron chi connectivity index (χ4n) is 1.54. The zero-order chi connectivity index (χ0) is 11.5. The predicted octanol–water partition coefficient (Wildman–Crippen LogP) is 2.03. The third kappa shape index (κ3) is 1.71. The third-order valence-electron chi connectivity index (χ3n) is 2.35. The van der Waals surface area contributed by atoms with E-state index in [0.717, 1.165) is 5.56 Å². The summed E-state index contributed by atoms with van der Waals surface area (Å²) in [6, 6.07) is 1.60. The second-order valence-electron chi connectivity index (χ2n) is 3.30. The van der Waals surface area contributed by atoms with Gasteiger partial charge in [-0.05, 0) is 13.0 Å². The van der Waals surface area contributed by atoms with E-state index in [1.165, 1.54) is 12.5 Å². The minimum absolute atomic E-state index is 0.383. The smallest absolute Gasteiger partial charge is 0.150 e. The molecule has 1 N–H and O–H groups in total. The molecular formula is C11H11FN4. The van der Waals surface area contributed by atoms with E-state index in [0.29, 0.717) is 17.1 Å². The summed E-state index contributed by atoms with van der Waals surface area (Å²) in [5, 5.41) is 2.94. The van der Waals surface area contributed by atoms with Crippen LogP contribution >= 0.6 is 0 Å². The summed E-state index contributed by atoms with van der Waals surface area (Å²) in [6.07, 6.45) is 4.13. The Morgan fingerprint density at radius 2 is 2.12 bits per heavy atom. The van der Waals surface area contributed by atoms with Gasteiger partial charge in [-0.2, -0.15) is 0 Å². The summed E-state index contributed by atoms with van der Waals surface area (Å²) >= 11 is 0. The summed E-state index contributed by atoms with van der Waals surface area (Å²) in [5.74, 6) is 0.313. The van der Waals surface area contributed by atoms with Gasteiger partial charge in [0.1, 0.15) is 12.1 Å². The van der Waals surface area contributed by atoms with Gasteiger partial charge < -0.3 is 5.32 Å². The van der Waals surface area contributed by atoms with Crippen molar-refractivity contribution in [3.63, 3.8) is 0 Å². The van der Waals surface area contributed by atoms with E-state index in [1.54, 1.807) is 19.3 Å². The maximum Gasteiger partial charge on any atom is 0.150 e. The molecule has 0 amide bonds. The molecule has 0 saturated carbocycles. The number of halogens is 1. The van der Waals surface area contributed by atoms with Crippen LogP contribution in [-0.2, 0) is 0 Å². The summed E-state index contributed by atoms with van der Waals surface area (Å²) < 4.78 is 13.5. The fraction of sp³-hybridized carbons (Fsp3) is 0.182. The lowest BCUT2D eigenvalue weighted by Crippen LogP contribution is -2.00. The molecule has 2 aromatic heterocycles. The van der Waals surface area contributed by atoms with Crippen LogP contribution in [0.3, 0.4) is 0 Å². The van der Waals surface area contributed by atoms with Gasteiger partial charge in [-0.15, -0.1) is 0 Å². The first-order chi connectivity index (χ1) is 7.74. The van der Waals surface area contributed by atoms with Crippen LogP contribution in [0, 0.1) is 12.7 Å². The Bertz CT molecular complexity index is 513. The average molecular weight is 218 g/mol. The molecule has 0 aromatic carbocycles. The van der Waals surface area contributed by atoms with Crippen molar-refractivity contribution in [2.75, 3.05) is 12.4 Å². The first kappa shape index (κ1) is 10.5. The number of rotatable bonds is 2. The van der Waals surface area contributed by atoms with Crippen molar-refractivity contribution in [3.05, 3.63) is 36.2 Å². The monoisotopic (exact) mass is 218 g/mol. The highest BCUT2D eigenvalue weighted by Gasteiger charge is 2.11. The number of hydrogen-bond acceptors (Lipinski definition) is 4. The molecule has 5 heteroatoms. The van der Waals surface area contributed by atoms with E-state index in [9.17, 15) is 4.39 Å². The topological polar surface area (TPSA) is 50.7 Å². The molecule has 2 rings (SSSR count). The third-order valence-corrected chi connectivity index (χ3v) is 2.35. The lowest BCUT2D eigenvalue weighted by atomic mass is 10.1. The van der Waals surface area contributed by atoms with Crippen molar-refractivity contribution in [2.45, 2.75) is 6.92 Å². The van der Waals surface area contributed by atoms with Crippen LogP contribution in [0.25, 0.3) is 11.3 Å². The van der Waals surface area contributed by atoms with Crippen LogP contribution < -0.4 is 5.32 Å². The van der Waals surface area contributed by atoms with Gasteiger partial charge in [0.15, 0.2) is 5.82 Å². The van der Waals surface area contributed by atoms with Gasteiger partial charge in [0.25, 0.3) is 0 Å². The van der Waals surface area contributed by atoms with E-state index in [4.69, 9.17) is 0 Å². The highest BCUT2D eigenvalue weighted by Crippen LogP contribution is 2.25. The number of pyridine rings is 1. The zero-order valence-corrected chi connectivity index (χ0v) is 9.03. The minimum atomic E-state index is -0.383. The van der Waals surface area contributed by atoms with Crippen LogP contribution in [-0.4, -0.2) is 22.0 Å². The van der Waals surface area contributed by atoms with Gasteiger partial charge >= 0.3 is 0 Å². The summed E-state index contributed by atoms with van der Waals surface area (Å²) in [4.78, 5) is 11.9. The SMILES string of the molecule is CNc1ncnc(-c2ccncc2F)c1C. The Balaban J connectivity index is 2.61. The van der Waals surface area contributed by atoms with Crippen LogP contribution in [0.5, 0.6) is 0 Å². The Kier molecular flexibility index (Phi) is 2.76. The molecule has 0 radical (unpaired) electrons. The molecule has 0 atom stereocenters. The second-order valence-corrected chi connectivity index (χ2v) is 3.30. The molecule has 0 bridgehead atoms. The van der Waals surface area contributed by atoms with E-state index in [-0.39, 0.29) is 5.82 Å². The van der Waals surface area contributed by atoms with Crippen LogP contribution in [0.4, 0.5) is 10.2 Å². The molecule has 0 aliphatic heterocycles. The van der Waals surface area contributed by atoms with Crippen molar-refractivity contribution < 1.29 is 4.39 Å². The fourth-order valence-corrected chi connectivity index (χ4v) is 1.54. The zero-order valence-electron chi connectivity index (χ0n) is 9.03. The Morgan fingerprint density at radius 3 is 2.81 bits per heavy atom. The molecule has 4 nitrogen and oxygen atoms in total. The highest BCUT2D eigenvalue weighted by molar-refractivity contribution is 5.67. The molecule has 82 valence electrons. The lowest BCUT2D eigenvalue weighted by Gasteiger charge is -2.09. The maximum absolute atomic E-state index is 13.5. The second kappa shape index (κ2) is 4.22. The van der Waals surface area contributed by atoms with Gasteiger partial charge in [0.2, 0.25) is 0 Å². The van der Waals surface area contributed by atoms with Crippen LogP contribution in [0.15, 0.2) is 24.8 Å². The molecule has 0 unspecified atom stereocenters. The number of nitrogens with one attached hydrogen (secondary N) is 1. The van der Waals surface area contributed by atoms with E-state index < -0.39 is 0 Å². The van der Waals surface area contributed by atoms with Crippen molar-refractivity contribution >= 4 is 5.82 Å². The molecule has 0 aliphatic rings. The molecule has 2 aromatic rings. The quantitative estimate of drug-likeness (QED) is 0.837. The lowest BCUT2D eigenvalue weighted by molar-refractivity contribution is 0.624.